The Bertz CT molecular complexity index is 905. The summed E-state index contributed by atoms with van der Waals surface area (Å²) in [5.41, 5.74) is 4.43. The molecule has 26 heavy (non-hydrogen) atoms. The zero-order chi connectivity index (χ0) is 18.4. The van der Waals surface area contributed by atoms with E-state index in [0.29, 0.717) is 11.3 Å². The molecule has 2 aromatic carbocycles. The molecule has 0 saturated heterocycles. The minimum Gasteiger partial charge on any atom is -0.385 e. The lowest BCUT2D eigenvalue weighted by molar-refractivity contribution is 0.102. The fraction of sp³-hybridized carbons (Fsp3) is 0.273. The Morgan fingerprint density at radius 2 is 1.92 bits per heavy atom. The third kappa shape index (κ3) is 4.39. The third-order valence-electron chi connectivity index (χ3n) is 4.43. The first-order valence-corrected chi connectivity index (χ1v) is 9.18. The number of hydrogen-bond donors (Lipinski definition) is 2. The monoisotopic (exact) mass is 347 g/mol. The van der Waals surface area contributed by atoms with Crippen LogP contribution in [-0.4, -0.2) is 17.4 Å². The van der Waals surface area contributed by atoms with Crippen LogP contribution < -0.4 is 10.6 Å². The molecule has 0 saturated carbocycles. The lowest BCUT2D eigenvalue weighted by Crippen LogP contribution is -2.13. The van der Waals surface area contributed by atoms with Crippen LogP contribution in [0.25, 0.3) is 10.9 Å². The summed E-state index contributed by atoms with van der Waals surface area (Å²) in [6.07, 6.45) is 5.29. The zero-order valence-electron chi connectivity index (χ0n) is 15.4. The molecule has 0 aliphatic rings. The van der Waals surface area contributed by atoms with E-state index in [-0.39, 0.29) is 5.91 Å². The number of pyridine rings is 1. The normalized spacial score (nSPS) is 10.7. The van der Waals surface area contributed by atoms with Gasteiger partial charge in [0, 0.05) is 23.2 Å². The van der Waals surface area contributed by atoms with Gasteiger partial charge in [0.15, 0.2) is 0 Å². The van der Waals surface area contributed by atoms with Crippen LogP contribution in [0.4, 0.5) is 11.4 Å². The van der Waals surface area contributed by atoms with Crippen molar-refractivity contribution in [3.05, 3.63) is 65.9 Å². The maximum absolute atomic E-state index is 12.6. The average Bonchev–Trinajstić information content (AvgIpc) is 2.66. The third-order valence-corrected chi connectivity index (χ3v) is 4.43. The zero-order valence-corrected chi connectivity index (χ0v) is 15.4. The highest BCUT2D eigenvalue weighted by Gasteiger charge is 2.09. The van der Waals surface area contributed by atoms with E-state index in [9.17, 15) is 4.79 Å². The van der Waals surface area contributed by atoms with E-state index in [1.54, 1.807) is 6.20 Å². The van der Waals surface area contributed by atoms with Gasteiger partial charge in [-0.25, -0.2) is 0 Å². The summed E-state index contributed by atoms with van der Waals surface area (Å²) >= 11 is 0. The Morgan fingerprint density at radius 3 is 2.73 bits per heavy atom. The molecule has 0 fully saturated rings. The summed E-state index contributed by atoms with van der Waals surface area (Å²) in [6, 6.07) is 15.6. The molecule has 3 rings (SSSR count). The van der Waals surface area contributed by atoms with Gasteiger partial charge in [0.05, 0.1) is 17.4 Å². The number of anilines is 2. The Balaban J connectivity index is 1.67. The molecule has 4 nitrogen and oxygen atoms in total. The number of rotatable bonds is 7. The molecule has 0 unspecified atom stereocenters. The molecule has 1 amide bonds. The number of carbonyl (C=O) groups is 1. The molecule has 2 N–H and O–H groups in total. The number of fused-ring (bicyclic) bond motifs is 1. The fourth-order valence-electron chi connectivity index (χ4n) is 2.94. The molecule has 3 aromatic rings. The van der Waals surface area contributed by atoms with Crippen LogP contribution in [0.5, 0.6) is 0 Å². The van der Waals surface area contributed by atoms with Crippen molar-refractivity contribution in [1.29, 1.82) is 0 Å². The smallest absolute Gasteiger partial charge is 0.255 e. The van der Waals surface area contributed by atoms with E-state index in [1.807, 2.05) is 55.5 Å². The lowest BCUT2D eigenvalue weighted by atomic mass is 10.1. The van der Waals surface area contributed by atoms with E-state index in [1.165, 1.54) is 12.8 Å². The number of nitrogens with zero attached hydrogens (tertiary/aromatic N) is 1. The second kappa shape index (κ2) is 8.48. The van der Waals surface area contributed by atoms with Crippen LogP contribution in [0.3, 0.4) is 0 Å². The summed E-state index contributed by atoms with van der Waals surface area (Å²) in [7, 11) is 0. The molecule has 1 heterocycles. The van der Waals surface area contributed by atoms with Crippen molar-refractivity contribution in [2.75, 3.05) is 17.2 Å². The minimum atomic E-state index is -0.122. The number of unbranched alkanes of at least 4 members (excludes halogenated alkanes) is 2. The predicted octanol–water partition coefficient (Wildman–Crippen LogP) is 5.40. The van der Waals surface area contributed by atoms with Crippen LogP contribution in [0.15, 0.2) is 54.7 Å². The largest absolute Gasteiger partial charge is 0.385 e. The topological polar surface area (TPSA) is 54.0 Å². The van der Waals surface area contributed by atoms with Crippen LogP contribution in [0.1, 0.15) is 42.1 Å². The molecular weight excluding hydrogens is 322 g/mol. The molecule has 0 radical (unpaired) electrons. The van der Waals surface area contributed by atoms with E-state index >= 15 is 0 Å². The summed E-state index contributed by atoms with van der Waals surface area (Å²) in [5.74, 6) is -0.122. The maximum Gasteiger partial charge on any atom is 0.255 e. The maximum atomic E-state index is 12.6. The van der Waals surface area contributed by atoms with Crippen molar-refractivity contribution in [3.8, 4) is 0 Å². The Hall–Kier alpha value is -2.88. The minimum absolute atomic E-state index is 0.122. The number of para-hydroxylation sites is 1. The van der Waals surface area contributed by atoms with Gasteiger partial charge in [0.1, 0.15) is 0 Å². The lowest BCUT2D eigenvalue weighted by Gasteiger charge is -2.11. The molecule has 0 aliphatic carbocycles. The summed E-state index contributed by atoms with van der Waals surface area (Å²) in [6.45, 7) is 5.18. The van der Waals surface area contributed by atoms with Gasteiger partial charge in [-0.1, -0.05) is 38.0 Å². The number of aryl methyl sites for hydroxylation is 1. The highest BCUT2D eigenvalue weighted by atomic mass is 16.1. The van der Waals surface area contributed by atoms with Gasteiger partial charge < -0.3 is 10.6 Å². The molecule has 1 aromatic heterocycles. The molecule has 0 spiro atoms. The molecule has 0 aliphatic heterocycles. The summed E-state index contributed by atoms with van der Waals surface area (Å²) in [4.78, 5) is 16.9. The number of aromatic nitrogens is 1. The van der Waals surface area contributed by atoms with E-state index in [2.05, 4.69) is 22.5 Å². The first kappa shape index (κ1) is 17.9. The Morgan fingerprint density at radius 1 is 1.08 bits per heavy atom. The number of carbonyl (C=O) groups excluding carboxylic acids is 1. The van der Waals surface area contributed by atoms with Gasteiger partial charge in [-0.2, -0.15) is 0 Å². The van der Waals surface area contributed by atoms with Crippen molar-refractivity contribution in [3.63, 3.8) is 0 Å². The van der Waals surface area contributed by atoms with Gasteiger partial charge in [0.25, 0.3) is 5.91 Å². The average molecular weight is 347 g/mol. The van der Waals surface area contributed by atoms with Crippen molar-refractivity contribution in [2.45, 2.75) is 33.1 Å². The van der Waals surface area contributed by atoms with Crippen molar-refractivity contribution in [2.24, 2.45) is 0 Å². The quantitative estimate of drug-likeness (QED) is 0.563. The van der Waals surface area contributed by atoms with Gasteiger partial charge in [-0.3, -0.25) is 9.78 Å². The van der Waals surface area contributed by atoms with Gasteiger partial charge in [-0.05, 0) is 49.2 Å². The van der Waals surface area contributed by atoms with Crippen LogP contribution in [-0.2, 0) is 0 Å². The molecule has 134 valence electrons. The molecule has 0 bridgehead atoms. The SMILES string of the molecule is CCCCCNc1ccc(C(=O)Nc2cnc3ccccc3c2)cc1C. The van der Waals surface area contributed by atoms with E-state index < -0.39 is 0 Å². The molecule has 0 atom stereocenters. The number of hydrogen-bond acceptors (Lipinski definition) is 3. The van der Waals surface area contributed by atoms with E-state index in [0.717, 1.165) is 35.1 Å². The van der Waals surface area contributed by atoms with E-state index in [4.69, 9.17) is 0 Å². The standard InChI is InChI=1S/C22H25N3O/c1-3-4-7-12-23-20-11-10-18(13-16(20)2)22(26)25-19-14-17-8-5-6-9-21(17)24-15-19/h5-6,8-11,13-15,23H,3-4,7,12H2,1-2H3,(H,25,26). The molecule has 4 heteroatoms. The van der Waals surface area contributed by atoms with Crippen molar-refractivity contribution >= 4 is 28.2 Å². The fourth-order valence-corrected chi connectivity index (χ4v) is 2.94. The van der Waals surface area contributed by atoms with Crippen molar-refractivity contribution in [1.82, 2.24) is 4.98 Å². The number of nitrogens with one attached hydrogen (secondary N) is 2. The summed E-state index contributed by atoms with van der Waals surface area (Å²) in [5, 5.41) is 7.38. The summed E-state index contributed by atoms with van der Waals surface area (Å²) < 4.78 is 0. The predicted molar refractivity (Wildman–Crippen MR) is 109 cm³/mol. The van der Waals surface area contributed by atoms with Gasteiger partial charge in [0.2, 0.25) is 0 Å². The highest BCUT2D eigenvalue weighted by Crippen LogP contribution is 2.20. The Labute approximate surface area is 154 Å². The molecular formula is C22H25N3O. The van der Waals surface area contributed by atoms with Crippen LogP contribution >= 0.6 is 0 Å². The van der Waals surface area contributed by atoms with Crippen LogP contribution in [0.2, 0.25) is 0 Å². The van der Waals surface area contributed by atoms with Crippen molar-refractivity contribution < 1.29 is 4.79 Å². The first-order valence-electron chi connectivity index (χ1n) is 9.18. The number of amides is 1. The highest BCUT2D eigenvalue weighted by molar-refractivity contribution is 6.05. The second-order valence-corrected chi connectivity index (χ2v) is 6.53. The Kier molecular flexibility index (Phi) is 5.84. The first-order chi connectivity index (χ1) is 12.7. The van der Waals surface area contributed by atoms with Crippen LogP contribution in [0, 0.1) is 6.92 Å². The van der Waals surface area contributed by atoms with Gasteiger partial charge >= 0.3 is 0 Å². The second-order valence-electron chi connectivity index (χ2n) is 6.53. The number of benzene rings is 2. The van der Waals surface area contributed by atoms with Gasteiger partial charge in [-0.15, -0.1) is 0 Å².